The summed E-state index contributed by atoms with van der Waals surface area (Å²) in [6, 6.07) is 11.6. The molecule has 0 saturated carbocycles. The van der Waals surface area contributed by atoms with Crippen LogP contribution < -0.4 is 10.1 Å². The van der Waals surface area contributed by atoms with Gasteiger partial charge in [-0.25, -0.2) is 0 Å². The zero-order valence-electron chi connectivity index (χ0n) is 15.5. The van der Waals surface area contributed by atoms with E-state index in [1.54, 1.807) is 25.3 Å². The topological polar surface area (TPSA) is 43.3 Å². The number of hydrogen-bond acceptors (Lipinski definition) is 2. The monoisotopic (exact) mass is 370 g/mol. The number of benzene rings is 2. The summed E-state index contributed by atoms with van der Waals surface area (Å²) in [4.78, 5) is 13.1. The maximum absolute atomic E-state index is 13.1. The SMILES string of the molecule is CCc1ccc2c(c1)c(C)c(C(=O)Nc1cc(Cl)ccc1OC)n2CC. The number of nitrogens with zero attached hydrogens (tertiary/aromatic N) is 1. The third-order valence-electron chi connectivity index (χ3n) is 4.73. The number of methoxy groups -OCH3 is 1. The Morgan fingerprint density at radius 3 is 2.62 bits per heavy atom. The molecule has 0 aliphatic rings. The molecule has 0 aliphatic carbocycles. The van der Waals surface area contributed by atoms with Crippen molar-refractivity contribution in [3.8, 4) is 5.75 Å². The quantitative estimate of drug-likeness (QED) is 0.649. The second-order valence-corrected chi connectivity index (χ2v) is 6.66. The normalized spacial score (nSPS) is 11.0. The van der Waals surface area contributed by atoms with E-state index in [0.29, 0.717) is 28.7 Å². The number of anilines is 1. The van der Waals surface area contributed by atoms with Crippen molar-refractivity contribution in [1.29, 1.82) is 0 Å². The number of carbonyl (C=O) groups is 1. The number of nitrogens with one attached hydrogen (secondary N) is 1. The molecule has 26 heavy (non-hydrogen) atoms. The number of halogens is 1. The van der Waals surface area contributed by atoms with Crippen molar-refractivity contribution < 1.29 is 9.53 Å². The van der Waals surface area contributed by atoms with Gasteiger partial charge in [0.05, 0.1) is 12.8 Å². The number of aromatic nitrogens is 1. The molecule has 0 atom stereocenters. The molecule has 0 saturated heterocycles. The van der Waals surface area contributed by atoms with E-state index in [4.69, 9.17) is 16.3 Å². The van der Waals surface area contributed by atoms with Crippen LogP contribution in [0, 0.1) is 6.92 Å². The minimum Gasteiger partial charge on any atom is -0.495 e. The van der Waals surface area contributed by atoms with Crippen LogP contribution in [-0.4, -0.2) is 17.6 Å². The van der Waals surface area contributed by atoms with E-state index in [-0.39, 0.29) is 5.91 Å². The number of hydrogen-bond donors (Lipinski definition) is 1. The van der Waals surface area contributed by atoms with Crippen molar-refractivity contribution in [2.75, 3.05) is 12.4 Å². The predicted octanol–water partition coefficient (Wildman–Crippen LogP) is 5.45. The molecule has 1 aromatic heterocycles. The minimum atomic E-state index is -0.167. The number of carbonyl (C=O) groups excluding carboxylic acids is 1. The smallest absolute Gasteiger partial charge is 0.272 e. The lowest BCUT2D eigenvalue weighted by Gasteiger charge is -2.13. The molecule has 4 nitrogen and oxygen atoms in total. The highest BCUT2D eigenvalue weighted by atomic mass is 35.5. The van der Waals surface area contributed by atoms with Crippen LogP contribution in [0.4, 0.5) is 5.69 Å². The lowest BCUT2D eigenvalue weighted by Crippen LogP contribution is -2.18. The van der Waals surface area contributed by atoms with Gasteiger partial charge in [-0.05, 0) is 61.7 Å². The Labute approximate surface area is 158 Å². The Balaban J connectivity index is 2.08. The molecule has 0 aliphatic heterocycles. The summed E-state index contributed by atoms with van der Waals surface area (Å²) in [7, 11) is 1.57. The molecule has 5 heteroatoms. The Hall–Kier alpha value is -2.46. The van der Waals surface area contributed by atoms with Gasteiger partial charge in [0.2, 0.25) is 0 Å². The number of fused-ring (bicyclic) bond motifs is 1. The first kappa shape index (κ1) is 18.3. The zero-order valence-corrected chi connectivity index (χ0v) is 16.3. The molecule has 0 bridgehead atoms. The molecule has 0 spiro atoms. The lowest BCUT2D eigenvalue weighted by molar-refractivity contribution is 0.101. The molecule has 3 aromatic rings. The predicted molar refractivity (Wildman–Crippen MR) is 108 cm³/mol. The van der Waals surface area contributed by atoms with Gasteiger partial charge < -0.3 is 14.6 Å². The Kier molecular flexibility index (Phi) is 5.23. The highest BCUT2D eigenvalue weighted by Gasteiger charge is 2.21. The number of amides is 1. The second kappa shape index (κ2) is 7.42. The summed E-state index contributed by atoms with van der Waals surface area (Å²) in [5, 5.41) is 4.62. The molecule has 3 rings (SSSR count). The van der Waals surface area contributed by atoms with Crippen LogP contribution in [-0.2, 0) is 13.0 Å². The molecule has 0 unspecified atom stereocenters. The molecule has 1 amide bonds. The van der Waals surface area contributed by atoms with Crippen molar-refractivity contribution in [1.82, 2.24) is 4.57 Å². The van der Waals surface area contributed by atoms with Crippen LogP contribution in [0.15, 0.2) is 36.4 Å². The summed E-state index contributed by atoms with van der Waals surface area (Å²) >= 11 is 6.08. The van der Waals surface area contributed by atoms with E-state index in [1.807, 2.05) is 13.8 Å². The largest absolute Gasteiger partial charge is 0.495 e. The van der Waals surface area contributed by atoms with Gasteiger partial charge in [-0.3, -0.25) is 4.79 Å². The maximum Gasteiger partial charge on any atom is 0.272 e. The molecule has 0 fully saturated rings. The van der Waals surface area contributed by atoms with E-state index in [0.717, 1.165) is 22.9 Å². The van der Waals surface area contributed by atoms with Crippen LogP contribution in [0.2, 0.25) is 5.02 Å². The molecule has 2 aromatic carbocycles. The van der Waals surface area contributed by atoms with Gasteiger partial charge in [-0.2, -0.15) is 0 Å². The van der Waals surface area contributed by atoms with E-state index in [2.05, 4.69) is 35.0 Å². The summed E-state index contributed by atoms with van der Waals surface area (Å²) < 4.78 is 7.38. The van der Waals surface area contributed by atoms with Crippen molar-refractivity contribution in [2.24, 2.45) is 0 Å². The minimum absolute atomic E-state index is 0.167. The van der Waals surface area contributed by atoms with Gasteiger partial charge in [0, 0.05) is 22.5 Å². The van der Waals surface area contributed by atoms with Crippen LogP contribution in [0.3, 0.4) is 0 Å². The average molecular weight is 371 g/mol. The van der Waals surface area contributed by atoms with E-state index in [1.165, 1.54) is 5.56 Å². The third-order valence-corrected chi connectivity index (χ3v) is 4.97. The lowest BCUT2D eigenvalue weighted by atomic mass is 10.1. The van der Waals surface area contributed by atoms with Crippen molar-refractivity contribution in [3.05, 3.63) is 58.2 Å². The van der Waals surface area contributed by atoms with Crippen LogP contribution in [0.25, 0.3) is 10.9 Å². The molecular weight excluding hydrogens is 348 g/mol. The fourth-order valence-corrected chi connectivity index (χ4v) is 3.54. The van der Waals surface area contributed by atoms with Gasteiger partial charge in [0.1, 0.15) is 11.4 Å². The van der Waals surface area contributed by atoms with Crippen LogP contribution in [0.1, 0.15) is 35.5 Å². The Morgan fingerprint density at radius 2 is 1.96 bits per heavy atom. The van der Waals surface area contributed by atoms with Gasteiger partial charge in [-0.15, -0.1) is 0 Å². The van der Waals surface area contributed by atoms with Crippen molar-refractivity contribution in [3.63, 3.8) is 0 Å². The third kappa shape index (κ3) is 3.17. The molecule has 1 heterocycles. The fourth-order valence-electron chi connectivity index (χ4n) is 3.37. The van der Waals surface area contributed by atoms with Gasteiger partial charge in [0.25, 0.3) is 5.91 Å². The molecule has 1 N–H and O–H groups in total. The summed E-state index contributed by atoms with van der Waals surface area (Å²) in [6.07, 6.45) is 0.966. The Morgan fingerprint density at radius 1 is 1.19 bits per heavy atom. The molecule has 0 radical (unpaired) electrons. The van der Waals surface area contributed by atoms with Crippen molar-refractivity contribution >= 4 is 34.1 Å². The van der Waals surface area contributed by atoms with Gasteiger partial charge >= 0.3 is 0 Å². The first-order chi connectivity index (χ1) is 12.5. The fraction of sp³-hybridized carbons (Fsp3) is 0.286. The first-order valence-electron chi connectivity index (χ1n) is 8.76. The molecular formula is C21H23ClN2O2. The first-order valence-corrected chi connectivity index (χ1v) is 9.14. The second-order valence-electron chi connectivity index (χ2n) is 6.22. The summed E-state index contributed by atoms with van der Waals surface area (Å²) in [5.41, 5.74) is 4.54. The number of ether oxygens (including phenoxy) is 1. The standard InChI is InChI=1S/C21H23ClN2O2/c1-5-14-7-9-18-16(11-14)13(3)20(24(18)6-2)21(25)23-17-12-15(22)8-10-19(17)26-4/h7-12H,5-6H2,1-4H3,(H,23,25). The van der Waals surface area contributed by atoms with Gasteiger partial charge in [0.15, 0.2) is 0 Å². The zero-order chi connectivity index (χ0) is 18.8. The van der Waals surface area contributed by atoms with E-state index >= 15 is 0 Å². The van der Waals surface area contributed by atoms with Crippen molar-refractivity contribution in [2.45, 2.75) is 33.7 Å². The summed E-state index contributed by atoms with van der Waals surface area (Å²) in [6.45, 7) is 6.89. The number of rotatable bonds is 5. The summed E-state index contributed by atoms with van der Waals surface area (Å²) in [5.74, 6) is 0.409. The van der Waals surface area contributed by atoms with Crippen LogP contribution in [0.5, 0.6) is 5.75 Å². The molecule has 136 valence electrons. The highest BCUT2D eigenvalue weighted by molar-refractivity contribution is 6.31. The highest BCUT2D eigenvalue weighted by Crippen LogP contribution is 2.31. The maximum atomic E-state index is 13.1. The van der Waals surface area contributed by atoms with E-state index in [9.17, 15) is 4.79 Å². The van der Waals surface area contributed by atoms with Crippen LogP contribution >= 0.6 is 11.6 Å². The van der Waals surface area contributed by atoms with E-state index < -0.39 is 0 Å². The Bertz CT molecular complexity index is 976. The average Bonchev–Trinajstić information content (AvgIpc) is 2.93. The van der Waals surface area contributed by atoms with Gasteiger partial charge in [-0.1, -0.05) is 24.6 Å². The number of aryl methyl sites for hydroxylation is 3.